The first-order valence-electron chi connectivity index (χ1n) is 5.20. The van der Waals surface area contributed by atoms with Crippen LogP contribution in [0.4, 0.5) is 0 Å². The van der Waals surface area contributed by atoms with Crippen LogP contribution < -0.4 is 0 Å². The molecule has 6 heteroatoms. The summed E-state index contributed by atoms with van der Waals surface area (Å²) in [5, 5.41) is 0. The molecule has 0 spiro atoms. The average molecular weight is 461 g/mol. The van der Waals surface area contributed by atoms with Crippen molar-refractivity contribution in [3.05, 3.63) is 26.4 Å². The summed E-state index contributed by atoms with van der Waals surface area (Å²) in [4.78, 5) is 8.57. The Morgan fingerprint density at radius 3 is 0.905 bits per heavy atom. The van der Waals surface area contributed by atoms with Crippen molar-refractivity contribution in [2.45, 2.75) is 52.6 Å². The van der Waals surface area contributed by atoms with Crippen LogP contribution in [-0.4, -0.2) is 23.5 Å². The fourth-order valence-corrected chi connectivity index (χ4v) is 0.514. The van der Waals surface area contributed by atoms with Gasteiger partial charge >= 0.3 is 33.9 Å². The Morgan fingerprint density at radius 1 is 0.667 bits per heavy atom. The third kappa shape index (κ3) is 87.2. The molecule has 5 nitrogen and oxygen atoms in total. The molecule has 0 unspecified atom stereocenters. The van der Waals surface area contributed by atoms with E-state index in [1.165, 1.54) is 0 Å². The minimum atomic E-state index is 0. The van der Waals surface area contributed by atoms with E-state index in [2.05, 4.69) is 77.9 Å². The third-order valence-corrected chi connectivity index (χ3v) is 0.990. The van der Waals surface area contributed by atoms with Gasteiger partial charge in [-0.05, 0) is 41.5 Å². The average Bonchev–Trinajstić information content (AvgIpc) is 2.42. The fraction of sp³-hybridized carbons (Fsp3) is 0.533. The van der Waals surface area contributed by atoms with Gasteiger partial charge in [0, 0.05) is 33.5 Å². The van der Waals surface area contributed by atoms with Gasteiger partial charge < -0.3 is 12.8 Å². The van der Waals surface area contributed by atoms with Crippen molar-refractivity contribution < 1.29 is 35.0 Å². The third-order valence-electron chi connectivity index (χ3n) is 0.990. The zero-order chi connectivity index (χ0) is 17.8. The van der Waals surface area contributed by atoms with Gasteiger partial charge in [0.2, 0.25) is 0 Å². The van der Waals surface area contributed by atoms with Crippen molar-refractivity contribution in [3.63, 3.8) is 0 Å². The van der Waals surface area contributed by atoms with Crippen LogP contribution in [-0.2, 0) is 35.0 Å². The molecule has 0 aromatic rings. The minimum Gasteiger partial charge on any atom is 0 e. The zero-order valence-corrected chi connectivity index (χ0v) is 16.2. The monoisotopic (exact) mass is 461 g/mol. The summed E-state index contributed by atoms with van der Waals surface area (Å²) in [7, 11) is 0. The van der Waals surface area contributed by atoms with E-state index in [0.29, 0.717) is 0 Å². The zero-order valence-electron chi connectivity index (χ0n) is 13.3. The summed E-state index contributed by atoms with van der Waals surface area (Å²) in [6.45, 7) is 25.9. The molecule has 0 amide bonds. The van der Waals surface area contributed by atoms with Crippen molar-refractivity contribution in [2.24, 2.45) is 9.98 Å². The Hall–Kier alpha value is -1.19. The molecule has 0 bridgehead atoms. The number of terminal acetylenes is 1. The van der Waals surface area contributed by atoms with Crippen molar-refractivity contribution in [1.29, 1.82) is 0 Å². The minimum absolute atomic E-state index is 0. The SMILES string of the molecule is CC(C)(C)N=CC=NC(C)(C)C.[C-]#C.[C-]#[O+].[C-]#[O+].[C-]#[O+].[W]. The van der Waals surface area contributed by atoms with Crippen molar-refractivity contribution in [3.8, 4) is 6.42 Å². The van der Waals surface area contributed by atoms with Gasteiger partial charge in [0.1, 0.15) is 0 Å². The molecule has 0 aliphatic heterocycles. The van der Waals surface area contributed by atoms with Crippen LogP contribution in [0.2, 0.25) is 0 Å². The molecule has 116 valence electrons. The van der Waals surface area contributed by atoms with Gasteiger partial charge in [0.05, 0.1) is 11.1 Å². The normalized spacial score (nSPS) is 8.86. The van der Waals surface area contributed by atoms with Crippen LogP contribution in [0.1, 0.15) is 41.5 Å². The number of nitrogens with zero attached hydrogens (tertiary/aromatic N) is 2. The predicted molar refractivity (Wildman–Crippen MR) is 76.5 cm³/mol. The van der Waals surface area contributed by atoms with E-state index in [4.69, 9.17) is 20.4 Å². The van der Waals surface area contributed by atoms with E-state index in [0.717, 1.165) is 0 Å². The molecule has 21 heavy (non-hydrogen) atoms. The van der Waals surface area contributed by atoms with Crippen LogP contribution in [0, 0.1) is 32.8 Å². The molecular weight excluding hydrogens is 440 g/mol. The van der Waals surface area contributed by atoms with Crippen molar-refractivity contribution in [2.75, 3.05) is 0 Å². The summed E-state index contributed by atoms with van der Waals surface area (Å²) in [5.41, 5.74) is 0.00775. The van der Waals surface area contributed by atoms with Crippen LogP contribution >= 0.6 is 0 Å². The van der Waals surface area contributed by atoms with Crippen LogP contribution in [0.5, 0.6) is 0 Å². The maximum atomic E-state index is 7.50. The first kappa shape index (κ1) is 36.8. The molecule has 0 fully saturated rings. The summed E-state index contributed by atoms with van der Waals surface area (Å²) < 4.78 is 22.5. The van der Waals surface area contributed by atoms with Gasteiger partial charge in [0.15, 0.2) is 0 Å². The number of hydrogen-bond donors (Lipinski definition) is 0. The molecule has 0 heterocycles. The van der Waals surface area contributed by atoms with E-state index in [1.54, 1.807) is 12.4 Å². The maximum Gasteiger partial charge on any atom is 0 e. The molecule has 0 saturated heterocycles. The summed E-state index contributed by atoms with van der Waals surface area (Å²) in [5.74, 6) is 0. The summed E-state index contributed by atoms with van der Waals surface area (Å²) in [6.07, 6.45) is 12.5. The molecule has 0 aromatic carbocycles. The fourth-order valence-electron chi connectivity index (χ4n) is 0.514. The molecular formula is C15H21N2O3W-. The second-order valence-corrected chi connectivity index (χ2v) is 4.90. The predicted octanol–water partition coefficient (Wildman–Crippen LogP) is 2.82. The van der Waals surface area contributed by atoms with E-state index in [9.17, 15) is 0 Å². The van der Waals surface area contributed by atoms with E-state index >= 15 is 0 Å². The van der Waals surface area contributed by atoms with Crippen LogP contribution in [0.15, 0.2) is 9.98 Å². The molecule has 0 atom stereocenters. The molecule has 0 aromatic heterocycles. The van der Waals surface area contributed by atoms with E-state index in [1.807, 2.05) is 0 Å². The van der Waals surface area contributed by atoms with E-state index < -0.39 is 0 Å². The second-order valence-electron chi connectivity index (χ2n) is 4.90. The standard InChI is InChI=1S/C10H20N2.C2H.3CO.W/c1-9(2,3)11-7-8-12-10(4,5)6;4*1-2;/h7-8H,1-6H3;1H;;;;/q;-1;;;;. The maximum absolute atomic E-state index is 7.50. The number of hydrogen-bond acceptors (Lipinski definition) is 2. The number of rotatable bonds is 1. The molecule has 0 rings (SSSR count). The molecule has 0 N–H and O–H groups in total. The number of aliphatic imine (C=N–C) groups is 2. The van der Waals surface area contributed by atoms with Gasteiger partial charge in [-0.15, -0.1) is 0 Å². The molecule has 0 aliphatic carbocycles. The van der Waals surface area contributed by atoms with Gasteiger partial charge in [-0.1, -0.05) is 0 Å². The Balaban J connectivity index is -0.0000000537. The molecule has 0 saturated carbocycles. The quantitative estimate of drug-likeness (QED) is 0.249. The Kier molecular flexibility index (Phi) is 47.6. The van der Waals surface area contributed by atoms with Crippen LogP contribution in [0.3, 0.4) is 0 Å². The van der Waals surface area contributed by atoms with Gasteiger partial charge in [0.25, 0.3) is 0 Å². The molecule has 0 radical (unpaired) electrons. The summed E-state index contributed by atoms with van der Waals surface area (Å²) >= 11 is 0. The van der Waals surface area contributed by atoms with E-state index in [-0.39, 0.29) is 32.1 Å². The van der Waals surface area contributed by atoms with Crippen molar-refractivity contribution in [1.82, 2.24) is 0 Å². The Morgan fingerprint density at radius 2 is 0.810 bits per heavy atom. The Labute approximate surface area is 143 Å². The van der Waals surface area contributed by atoms with Gasteiger partial charge in [-0.3, -0.25) is 9.98 Å². The van der Waals surface area contributed by atoms with Gasteiger partial charge in [-0.2, -0.15) is 0 Å². The Bertz CT molecular complexity index is 281. The smallest absolute Gasteiger partial charge is 0 e. The van der Waals surface area contributed by atoms with Crippen molar-refractivity contribution >= 4 is 12.4 Å². The summed E-state index contributed by atoms with van der Waals surface area (Å²) in [6, 6.07) is 0. The topological polar surface area (TPSA) is 84.4 Å². The first-order chi connectivity index (χ1) is 9.21. The van der Waals surface area contributed by atoms with Gasteiger partial charge in [-0.25, -0.2) is 0 Å². The largest absolute Gasteiger partial charge is 0 e. The first-order valence-corrected chi connectivity index (χ1v) is 5.20. The van der Waals surface area contributed by atoms with Crippen LogP contribution in [0.25, 0.3) is 0 Å². The molecule has 0 aliphatic rings. The second kappa shape index (κ2) is 27.2.